The van der Waals surface area contributed by atoms with Gasteiger partial charge in [0.2, 0.25) is 5.91 Å². The zero-order valence-electron chi connectivity index (χ0n) is 9.37. The van der Waals surface area contributed by atoms with Crippen molar-refractivity contribution in [2.75, 3.05) is 7.05 Å². The highest BCUT2D eigenvalue weighted by atomic mass is 16.2. The molecule has 1 aliphatic carbocycles. The third-order valence-corrected chi connectivity index (χ3v) is 3.21. The second kappa shape index (κ2) is 3.61. The van der Waals surface area contributed by atoms with Gasteiger partial charge in [0.1, 0.15) is 0 Å². The van der Waals surface area contributed by atoms with E-state index in [1.54, 1.807) is 11.9 Å². The molecule has 0 bridgehead atoms. The monoisotopic (exact) mass is 194 g/mol. The quantitative estimate of drug-likeness (QED) is 0.687. The highest BCUT2D eigenvalue weighted by Crippen LogP contribution is 2.52. The molecule has 1 rings (SSSR count). The van der Waals surface area contributed by atoms with Crippen molar-refractivity contribution in [1.29, 1.82) is 5.26 Å². The second-order valence-electron chi connectivity index (χ2n) is 4.91. The van der Waals surface area contributed by atoms with Crippen LogP contribution in [0.5, 0.6) is 0 Å². The Morgan fingerprint density at radius 3 is 2.57 bits per heavy atom. The van der Waals surface area contributed by atoms with Crippen molar-refractivity contribution >= 4 is 5.91 Å². The summed E-state index contributed by atoms with van der Waals surface area (Å²) in [7, 11) is 1.79. The molecule has 1 saturated carbocycles. The van der Waals surface area contributed by atoms with Crippen LogP contribution in [0.3, 0.4) is 0 Å². The van der Waals surface area contributed by atoms with E-state index in [1.165, 1.54) is 0 Å². The van der Waals surface area contributed by atoms with E-state index < -0.39 is 0 Å². The van der Waals surface area contributed by atoms with Gasteiger partial charge in [0, 0.05) is 19.0 Å². The molecule has 0 heterocycles. The van der Waals surface area contributed by atoms with Crippen molar-refractivity contribution in [3.05, 3.63) is 0 Å². The zero-order valence-corrected chi connectivity index (χ0v) is 9.37. The summed E-state index contributed by atoms with van der Waals surface area (Å²) in [5, 5.41) is 8.54. The van der Waals surface area contributed by atoms with Crippen LogP contribution < -0.4 is 0 Å². The number of hydrogen-bond acceptors (Lipinski definition) is 2. The van der Waals surface area contributed by atoms with E-state index in [9.17, 15) is 4.79 Å². The van der Waals surface area contributed by atoms with E-state index in [0.29, 0.717) is 6.42 Å². The first kappa shape index (κ1) is 11.0. The molecule has 78 valence electrons. The molecule has 0 spiro atoms. The Morgan fingerprint density at radius 1 is 1.71 bits per heavy atom. The molecule has 0 aromatic rings. The number of nitriles is 1. The van der Waals surface area contributed by atoms with Crippen LogP contribution in [0.25, 0.3) is 0 Å². The number of rotatable bonds is 3. The first-order valence-corrected chi connectivity index (χ1v) is 5.04. The molecule has 0 aliphatic heterocycles. The van der Waals surface area contributed by atoms with Gasteiger partial charge in [-0.2, -0.15) is 5.26 Å². The fourth-order valence-corrected chi connectivity index (χ4v) is 1.62. The summed E-state index contributed by atoms with van der Waals surface area (Å²) in [6.45, 7) is 6.13. The van der Waals surface area contributed by atoms with Crippen LogP contribution in [0.15, 0.2) is 0 Å². The normalized spacial score (nSPS) is 24.9. The summed E-state index contributed by atoms with van der Waals surface area (Å²) in [6, 6.07) is 2.12. The van der Waals surface area contributed by atoms with Crippen LogP contribution in [-0.2, 0) is 4.79 Å². The van der Waals surface area contributed by atoms with Gasteiger partial charge in [0.25, 0.3) is 0 Å². The lowest BCUT2D eigenvalue weighted by Crippen LogP contribution is -2.36. The molecular weight excluding hydrogens is 176 g/mol. The Labute approximate surface area is 85.7 Å². The van der Waals surface area contributed by atoms with Crippen molar-refractivity contribution in [2.45, 2.75) is 39.7 Å². The minimum absolute atomic E-state index is 0.0314. The Bertz CT molecular complexity index is 278. The SMILES string of the molecule is CC(CC#N)N(C)C(=O)C1CC1(C)C. The molecular formula is C11H18N2O. The molecule has 1 fully saturated rings. The van der Waals surface area contributed by atoms with Gasteiger partial charge < -0.3 is 4.90 Å². The second-order valence-corrected chi connectivity index (χ2v) is 4.91. The summed E-state index contributed by atoms with van der Waals surface area (Å²) in [6.07, 6.45) is 1.39. The summed E-state index contributed by atoms with van der Waals surface area (Å²) < 4.78 is 0. The van der Waals surface area contributed by atoms with Crippen LogP contribution in [0.2, 0.25) is 0 Å². The van der Waals surface area contributed by atoms with Crippen molar-refractivity contribution < 1.29 is 4.79 Å². The number of carbonyl (C=O) groups excluding carboxylic acids is 1. The zero-order chi connectivity index (χ0) is 10.9. The van der Waals surface area contributed by atoms with E-state index in [2.05, 4.69) is 19.9 Å². The summed E-state index contributed by atoms with van der Waals surface area (Å²) in [4.78, 5) is 13.6. The van der Waals surface area contributed by atoms with Gasteiger partial charge in [-0.05, 0) is 18.8 Å². The van der Waals surface area contributed by atoms with Gasteiger partial charge in [0.05, 0.1) is 12.5 Å². The topological polar surface area (TPSA) is 44.1 Å². The minimum atomic E-state index is 0.0314. The van der Waals surface area contributed by atoms with Crippen LogP contribution in [-0.4, -0.2) is 23.9 Å². The van der Waals surface area contributed by atoms with Gasteiger partial charge in [-0.25, -0.2) is 0 Å². The van der Waals surface area contributed by atoms with Gasteiger partial charge in [0.15, 0.2) is 0 Å². The molecule has 0 saturated heterocycles. The third kappa shape index (κ3) is 2.06. The molecule has 2 atom stereocenters. The highest BCUT2D eigenvalue weighted by Gasteiger charge is 2.51. The smallest absolute Gasteiger partial charge is 0.226 e. The molecule has 0 N–H and O–H groups in total. The van der Waals surface area contributed by atoms with Crippen molar-refractivity contribution in [3.8, 4) is 6.07 Å². The minimum Gasteiger partial charge on any atom is -0.342 e. The predicted molar refractivity (Wildman–Crippen MR) is 54.4 cm³/mol. The Morgan fingerprint density at radius 2 is 2.21 bits per heavy atom. The predicted octanol–water partition coefficient (Wildman–Crippen LogP) is 1.79. The van der Waals surface area contributed by atoms with Gasteiger partial charge in [-0.3, -0.25) is 4.79 Å². The van der Waals surface area contributed by atoms with E-state index in [1.807, 2.05) is 6.92 Å². The maximum absolute atomic E-state index is 11.9. The molecule has 0 aromatic carbocycles. The maximum atomic E-state index is 11.9. The summed E-state index contributed by atoms with van der Waals surface area (Å²) in [5.74, 6) is 0.367. The molecule has 0 radical (unpaired) electrons. The lowest BCUT2D eigenvalue weighted by Gasteiger charge is -2.23. The lowest BCUT2D eigenvalue weighted by molar-refractivity contribution is -0.133. The number of nitrogens with zero attached hydrogens (tertiary/aromatic N) is 2. The van der Waals surface area contributed by atoms with Crippen LogP contribution in [0.1, 0.15) is 33.6 Å². The first-order valence-electron chi connectivity index (χ1n) is 5.04. The highest BCUT2D eigenvalue weighted by molar-refractivity contribution is 5.82. The fourth-order valence-electron chi connectivity index (χ4n) is 1.62. The van der Waals surface area contributed by atoms with E-state index in [4.69, 9.17) is 5.26 Å². The number of hydrogen-bond donors (Lipinski definition) is 0. The molecule has 1 amide bonds. The largest absolute Gasteiger partial charge is 0.342 e. The Kier molecular flexibility index (Phi) is 2.84. The number of amides is 1. The van der Waals surface area contributed by atoms with E-state index in [-0.39, 0.29) is 23.3 Å². The molecule has 1 aliphatic rings. The van der Waals surface area contributed by atoms with E-state index in [0.717, 1.165) is 6.42 Å². The first-order chi connectivity index (χ1) is 6.40. The molecule has 3 nitrogen and oxygen atoms in total. The maximum Gasteiger partial charge on any atom is 0.226 e. The Hall–Kier alpha value is -1.04. The average molecular weight is 194 g/mol. The molecule has 2 unspecified atom stereocenters. The standard InChI is InChI=1S/C11H18N2O/c1-8(5-6-12)13(4)10(14)9-7-11(9,2)3/h8-9H,5,7H2,1-4H3. The van der Waals surface area contributed by atoms with Crippen molar-refractivity contribution in [1.82, 2.24) is 4.90 Å². The molecule has 3 heteroatoms. The van der Waals surface area contributed by atoms with E-state index >= 15 is 0 Å². The van der Waals surface area contributed by atoms with Crippen LogP contribution in [0.4, 0.5) is 0 Å². The van der Waals surface area contributed by atoms with Crippen LogP contribution in [0, 0.1) is 22.7 Å². The van der Waals surface area contributed by atoms with Gasteiger partial charge >= 0.3 is 0 Å². The van der Waals surface area contributed by atoms with Crippen molar-refractivity contribution in [3.63, 3.8) is 0 Å². The van der Waals surface area contributed by atoms with Crippen molar-refractivity contribution in [2.24, 2.45) is 11.3 Å². The Balaban J connectivity index is 2.50. The third-order valence-electron chi connectivity index (χ3n) is 3.21. The summed E-state index contributed by atoms with van der Waals surface area (Å²) in [5.41, 5.74) is 0.178. The molecule has 14 heavy (non-hydrogen) atoms. The van der Waals surface area contributed by atoms with Gasteiger partial charge in [-0.1, -0.05) is 13.8 Å². The average Bonchev–Trinajstić information content (AvgIpc) is 2.73. The summed E-state index contributed by atoms with van der Waals surface area (Å²) >= 11 is 0. The molecule has 0 aromatic heterocycles. The van der Waals surface area contributed by atoms with Crippen LogP contribution >= 0.6 is 0 Å². The number of carbonyl (C=O) groups is 1. The lowest BCUT2D eigenvalue weighted by atomic mass is 10.1. The fraction of sp³-hybridized carbons (Fsp3) is 0.818. The van der Waals surface area contributed by atoms with Gasteiger partial charge in [-0.15, -0.1) is 0 Å².